The Morgan fingerprint density at radius 1 is 0.574 bits per heavy atom. The molecule has 1 heterocycles. The first kappa shape index (κ1) is 43.7. The van der Waals surface area contributed by atoms with Crippen LogP contribution in [0.4, 0.5) is 0 Å². The van der Waals surface area contributed by atoms with Gasteiger partial charge >= 0.3 is 11.9 Å². The van der Waals surface area contributed by atoms with Gasteiger partial charge in [-0.2, -0.15) is 0 Å². The van der Waals surface area contributed by atoms with Crippen molar-refractivity contribution in [3.63, 3.8) is 0 Å². The van der Waals surface area contributed by atoms with Gasteiger partial charge in [-0.05, 0) is 12.8 Å². The van der Waals surface area contributed by atoms with Crippen LogP contribution >= 0.6 is 0 Å². The number of aliphatic hydroxyl groups excluding tert-OH is 4. The van der Waals surface area contributed by atoms with Crippen LogP contribution in [0.15, 0.2) is 0 Å². The Labute approximate surface area is 285 Å². The number of rotatable bonds is 31. The molecule has 1 saturated heterocycles. The summed E-state index contributed by atoms with van der Waals surface area (Å²) in [7, 11) is 0. The molecule has 10 nitrogen and oxygen atoms in total. The molecule has 0 bridgehead atoms. The number of unbranched alkanes of at least 4 members (excludes halogenated alkanes) is 20. The van der Waals surface area contributed by atoms with Crippen LogP contribution in [0, 0.1) is 0 Å². The van der Waals surface area contributed by atoms with Crippen LogP contribution < -0.4 is 0 Å². The van der Waals surface area contributed by atoms with E-state index in [1.165, 1.54) is 96.3 Å². The zero-order valence-electron chi connectivity index (χ0n) is 29.8. The van der Waals surface area contributed by atoms with E-state index in [4.69, 9.17) is 18.9 Å². The Balaban J connectivity index is 2.38. The molecule has 4 N–H and O–H groups in total. The van der Waals surface area contributed by atoms with E-state index in [9.17, 15) is 30.0 Å². The minimum atomic E-state index is -1.59. The van der Waals surface area contributed by atoms with E-state index in [0.29, 0.717) is 6.42 Å². The number of hydrogen-bond acceptors (Lipinski definition) is 10. The summed E-state index contributed by atoms with van der Waals surface area (Å²) in [5.41, 5.74) is 0. The molecule has 1 fully saturated rings. The summed E-state index contributed by atoms with van der Waals surface area (Å²) in [5, 5.41) is 39.8. The lowest BCUT2D eigenvalue weighted by Crippen LogP contribution is -2.59. The average Bonchev–Trinajstić information content (AvgIpc) is 3.07. The molecule has 0 unspecified atom stereocenters. The number of carbonyl (C=O) groups is 2. The van der Waals surface area contributed by atoms with Gasteiger partial charge in [0.25, 0.3) is 0 Å². The molecule has 10 heteroatoms. The molecule has 0 spiro atoms. The first-order valence-electron chi connectivity index (χ1n) is 19.1. The van der Waals surface area contributed by atoms with Gasteiger partial charge in [-0.3, -0.25) is 9.59 Å². The Bertz CT molecular complexity index is 749. The van der Waals surface area contributed by atoms with E-state index in [2.05, 4.69) is 13.8 Å². The third kappa shape index (κ3) is 22.1. The van der Waals surface area contributed by atoms with Crippen LogP contribution in [0.5, 0.6) is 0 Å². The third-order valence-electron chi connectivity index (χ3n) is 8.99. The molecule has 0 saturated carbocycles. The van der Waals surface area contributed by atoms with Crippen LogP contribution in [0.25, 0.3) is 0 Å². The summed E-state index contributed by atoms with van der Waals surface area (Å²) in [5.74, 6) is -0.803. The third-order valence-corrected chi connectivity index (χ3v) is 8.99. The van der Waals surface area contributed by atoms with E-state index in [0.717, 1.165) is 38.5 Å². The van der Waals surface area contributed by atoms with Gasteiger partial charge in [0.2, 0.25) is 0 Å². The number of esters is 2. The van der Waals surface area contributed by atoms with Crippen molar-refractivity contribution in [3.8, 4) is 0 Å². The Hall–Kier alpha value is -1.30. The molecule has 1 aliphatic heterocycles. The number of aliphatic hydroxyl groups is 4. The minimum Gasteiger partial charge on any atom is -0.462 e. The summed E-state index contributed by atoms with van der Waals surface area (Å²) in [6.07, 6.45) is 18.4. The first-order valence-corrected chi connectivity index (χ1v) is 19.1. The van der Waals surface area contributed by atoms with Gasteiger partial charge < -0.3 is 39.4 Å². The number of carbonyl (C=O) groups excluding carboxylic acids is 2. The monoisotopic (exact) mass is 674 g/mol. The second kappa shape index (κ2) is 29.6. The summed E-state index contributed by atoms with van der Waals surface area (Å²) < 4.78 is 22.0. The number of ether oxygens (including phenoxy) is 4. The molecular weight excluding hydrogens is 604 g/mol. The summed E-state index contributed by atoms with van der Waals surface area (Å²) >= 11 is 0. The molecule has 1 rings (SSSR count). The second-order valence-corrected chi connectivity index (χ2v) is 13.4. The van der Waals surface area contributed by atoms with Crippen molar-refractivity contribution < 1.29 is 49.0 Å². The fraction of sp³-hybridized carbons (Fsp3) is 0.946. The molecule has 6 atom stereocenters. The van der Waals surface area contributed by atoms with Gasteiger partial charge in [0.1, 0.15) is 31.0 Å². The van der Waals surface area contributed by atoms with E-state index >= 15 is 0 Å². The zero-order chi connectivity index (χ0) is 34.5. The van der Waals surface area contributed by atoms with Gasteiger partial charge in [0.05, 0.1) is 13.2 Å². The highest BCUT2D eigenvalue weighted by Crippen LogP contribution is 2.22. The number of hydrogen-bond donors (Lipinski definition) is 4. The van der Waals surface area contributed by atoms with Crippen LogP contribution in [0.1, 0.15) is 168 Å². The normalized spacial score (nSPS) is 21.9. The predicted molar refractivity (Wildman–Crippen MR) is 183 cm³/mol. The quantitative estimate of drug-likeness (QED) is 0.0464. The smallest absolute Gasteiger partial charge is 0.306 e. The van der Waals surface area contributed by atoms with Crippen molar-refractivity contribution in [1.82, 2.24) is 0 Å². The Morgan fingerprint density at radius 3 is 1.45 bits per heavy atom. The summed E-state index contributed by atoms with van der Waals surface area (Å²) in [6, 6.07) is 0. The highest BCUT2D eigenvalue weighted by atomic mass is 16.7. The summed E-state index contributed by atoms with van der Waals surface area (Å²) in [4.78, 5) is 25.0. The molecule has 0 amide bonds. The maximum atomic E-state index is 12.7. The molecular formula is C37H70O10. The zero-order valence-corrected chi connectivity index (χ0v) is 29.8. The molecule has 0 aliphatic carbocycles. The van der Waals surface area contributed by atoms with Crippen molar-refractivity contribution in [3.05, 3.63) is 0 Å². The van der Waals surface area contributed by atoms with E-state index in [-0.39, 0.29) is 32.0 Å². The summed E-state index contributed by atoms with van der Waals surface area (Å²) in [6.45, 7) is 3.38. The highest BCUT2D eigenvalue weighted by Gasteiger charge is 2.44. The Morgan fingerprint density at radius 2 is 1.00 bits per heavy atom. The maximum Gasteiger partial charge on any atom is 0.306 e. The molecule has 0 radical (unpaired) electrons. The molecule has 1 aliphatic rings. The van der Waals surface area contributed by atoms with Gasteiger partial charge in [-0.1, -0.05) is 142 Å². The van der Waals surface area contributed by atoms with Crippen molar-refractivity contribution >= 4 is 11.9 Å². The highest BCUT2D eigenvalue weighted by molar-refractivity contribution is 5.70. The Kier molecular flexibility index (Phi) is 27.5. The van der Waals surface area contributed by atoms with Gasteiger partial charge in [-0.15, -0.1) is 0 Å². The SMILES string of the molecule is CCCCCCCCCCCCCCCCC(=O)O[C@H](COC(=O)CCCCCCCCCC)CO[C@@H]1O[C@H](CO)[C@H](O)[C@H](O)[C@H]1O. The second-order valence-electron chi connectivity index (χ2n) is 13.4. The van der Waals surface area contributed by atoms with Crippen LogP contribution in [-0.2, 0) is 28.5 Å². The van der Waals surface area contributed by atoms with Crippen molar-refractivity contribution in [2.75, 3.05) is 19.8 Å². The fourth-order valence-corrected chi connectivity index (χ4v) is 5.89. The van der Waals surface area contributed by atoms with E-state index in [1.807, 2.05) is 0 Å². The maximum absolute atomic E-state index is 12.7. The van der Waals surface area contributed by atoms with Crippen molar-refractivity contribution in [2.24, 2.45) is 0 Å². The standard InChI is InChI=1S/C37H70O10/c1-3-5-7-9-11-13-14-15-16-17-18-20-22-24-26-33(40)46-30(28-44-32(39)25-23-21-19-12-10-8-6-4-2)29-45-37-36(43)35(42)34(41)31(27-38)47-37/h30-31,34-38,41-43H,3-29H2,1-2H3/t30-,31-,34+,35+,36-,37-/m1/s1. The molecule has 278 valence electrons. The lowest BCUT2D eigenvalue weighted by Gasteiger charge is -2.39. The lowest BCUT2D eigenvalue weighted by molar-refractivity contribution is -0.305. The molecule has 47 heavy (non-hydrogen) atoms. The van der Waals surface area contributed by atoms with Gasteiger partial charge in [0, 0.05) is 12.8 Å². The van der Waals surface area contributed by atoms with Crippen molar-refractivity contribution in [2.45, 2.75) is 205 Å². The molecule has 0 aromatic rings. The van der Waals surface area contributed by atoms with Crippen LogP contribution in [-0.4, -0.2) is 89.0 Å². The van der Waals surface area contributed by atoms with Crippen LogP contribution in [0.3, 0.4) is 0 Å². The van der Waals surface area contributed by atoms with E-state index in [1.54, 1.807) is 0 Å². The first-order chi connectivity index (χ1) is 22.8. The largest absolute Gasteiger partial charge is 0.462 e. The van der Waals surface area contributed by atoms with Gasteiger partial charge in [-0.25, -0.2) is 0 Å². The van der Waals surface area contributed by atoms with Crippen LogP contribution in [0.2, 0.25) is 0 Å². The average molecular weight is 675 g/mol. The lowest BCUT2D eigenvalue weighted by atomic mass is 9.99. The molecule has 0 aromatic heterocycles. The fourth-order valence-electron chi connectivity index (χ4n) is 5.89. The minimum absolute atomic E-state index is 0.211. The van der Waals surface area contributed by atoms with E-state index < -0.39 is 49.4 Å². The molecule has 0 aromatic carbocycles. The van der Waals surface area contributed by atoms with Gasteiger partial charge in [0.15, 0.2) is 12.4 Å². The topological polar surface area (TPSA) is 152 Å². The predicted octanol–water partition coefficient (Wildman–Crippen LogP) is 6.66. The van der Waals surface area contributed by atoms with Crippen molar-refractivity contribution in [1.29, 1.82) is 0 Å².